The van der Waals surface area contributed by atoms with Crippen LogP contribution in [0.2, 0.25) is 0 Å². The average Bonchev–Trinajstić information content (AvgIpc) is 3.14. The molecule has 0 bridgehead atoms. The van der Waals surface area contributed by atoms with Crippen LogP contribution < -0.4 is 4.90 Å². The van der Waals surface area contributed by atoms with Gasteiger partial charge in [0.05, 0.1) is 5.88 Å². The topological polar surface area (TPSA) is 63.7 Å². The SMILES string of the molecule is CC(=O)O[C@]1(C(=O)CCl)CCC2C3CCC4=CC(=O)CCC4=C3C(c3ccc(N(C)C)cc3)C[C@@]21C. The monoisotopic (exact) mass is 509 g/mol. The van der Waals surface area contributed by atoms with E-state index in [1.807, 2.05) is 20.2 Å². The summed E-state index contributed by atoms with van der Waals surface area (Å²) in [5.74, 6) is 0.0724. The summed E-state index contributed by atoms with van der Waals surface area (Å²) in [6, 6.07) is 8.69. The molecule has 5 atom stereocenters. The van der Waals surface area contributed by atoms with Crippen LogP contribution in [0.4, 0.5) is 5.69 Å². The fourth-order valence-corrected chi connectivity index (χ4v) is 8.20. The predicted molar refractivity (Wildman–Crippen MR) is 141 cm³/mol. The number of halogens is 1. The molecule has 0 aliphatic heterocycles. The Balaban J connectivity index is 1.69. The summed E-state index contributed by atoms with van der Waals surface area (Å²) in [7, 11) is 4.06. The summed E-state index contributed by atoms with van der Waals surface area (Å²) in [6.45, 7) is 3.56. The third-order valence-corrected chi connectivity index (χ3v) is 9.80. The molecule has 0 amide bonds. The van der Waals surface area contributed by atoms with Gasteiger partial charge < -0.3 is 9.64 Å². The fourth-order valence-electron chi connectivity index (χ4n) is 7.99. The van der Waals surface area contributed by atoms with Crippen molar-refractivity contribution in [1.82, 2.24) is 0 Å². The van der Waals surface area contributed by atoms with Gasteiger partial charge in [0.1, 0.15) is 0 Å². The Morgan fingerprint density at radius 3 is 2.47 bits per heavy atom. The molecule has 1 aromatic carbocycles. The summed E-state index contributed by atoms with van der Waals surface area (Å²) < 4.78 is 6.01. The Hall–Kier alpha value is -2.40. The van der Waals surface area contributed by atoms with E-state index in [1.54, 1.807) is 0 Å². The summed E-state index contributed by atoms with van der Waals surface area (Å²) in [5.41, 5.74) is 4.66. The van der Waals surface area contributed by atoms with Gasteiger partial charge in [0.15, 0.2) is 17.2 Å². The lowest BCUT2D eigenvalue weighted by atomic mass is 9.50. The number of fused-ring (bicyclic) bond motifs is 4. The van der Waals surface area contributed by atoms with Crippen molar-refractivity contribution in [2.24, 2.45) is 17.3 Å². The lowest BCUT2D eigenvalue weighted by Gasteiger charge is -2.55. The molecule has 4 aliphatic rings. The van der Waals surface area contributed by atoms with E-state index in [0.717, 1.165) is 31.4 Å². The Morgan fingerprint density at radius 1 is 1.11 bits per heavy atom. The lowest BCUT2D eigenvalue weighted by molar-refractivity contribution is -0.182. The molecule has 4 aliphatic carbocycles. The first-order chi connectivity index (χ1) is 17.1. The number of anilines is 1. The molecule has 1 aromatic rings. The first-order valence-electron chi connectivity index (χ1n) is 13.1. The second kappa shape index (κ2) is 9.16. The Bertz CT molecular complexity index is 1170. The van der Waals surface area contributed by atoms with Crippen molar-refractivity contribution in [3.05, 3.63) is 52.6 Å². The summed E-state index contributed by atoms with van der Waals surface area (Å²) in [5, 5.41) is 0. The maximum atomic E-state index is 13.4. The highest BCUT2D eigenvalue weighted by Crippen LogP contribution is 2.67. The van der Waals surface area contributed by atoms with E-state index in [4.69, 9.17) is 16.3 Å². The highest BCUT2D eigenvalue weighted by molar-refractivity contribution is 6.29. The zero-order valence-corrected chi connectivity index (χ0v) is 22.5. The van der Waals surface area contributed by atoms with Gasteiger partial charge in [-0.1, -0.05) is 24.6 Å². The second-order valence-electron chi connectivity index (χ2n) is 11.5. The number of allylic oxidation sites excluding steroid dienone is 4. The van der Waals surface area contributed by atoms with Crippen LogP contribution in [0.3, 0.4) is 0 Å². The van der Waals surface area contributed by atoms with E-state index in [2.05, 4.69) is 36.1 Å². The number of rotatable bonds is 5. The van der Waals surface area contributed by atoms with E-state index in [1.165, 1.54) is 29.2 Å². The van der Waals surface area contributed by atoms with Crippen LogP contribution in [0.1, 0.15) is 70.3 Å². The van der Waals surface area contributed by atoms with Crippen LogP contribution in [-0.4, -0.2) is 43.1 Å². The highest BCUT2D eigenvalue weighted by Gasteiger charge is 2.67. The van der Waals surface area contributed by atoms with E-state index >= 15 is 0 Å². The number of esters is 1. The van der Waals surface area contributed by atoms with Crippen LogP contribution in [0.25, 0.3) is 0 Å². The van der Waals surface area contributed by atoms with Crippen molar-refractivity contribution in [1.29, 1.82) is 0 Å². The number of Topliss-reactive ketones (excluding diaryl/α,β-unsaturated/α-hetero) is 1. The first kappa shape index (κ1) is 25.3. The van der Waals surface area contributed by atoms with Crippen molar-refractivity contribution in [2.75, 3.05) is 24.9 Å². The summed E-state index contributed by atoms with van der Waals surface area (Å²) in [4.78, 5) is 40.1. The fraction of sp³-hybridized carbons (Fsp3) is 0.567. The number of hydrogen-bond donors (Lipinski definition) is 0. The third-order valence-electron chi connectivity index (χ3n) is 9.56. The van der Waals surface area contributed by atoms with Gasteiger partial charge in [-0.15, -0.1) is 11.6 Å². The van der Waals surface area contributed by atoms with Gasteiger partial charge in [-0.25, -0.2) is 0 Å². The van der Waals surface area contributed by atoms with Crippen LogP contribution in [0.15, 0.2) is 47.1 Å². The maximum absolute atomic E-state index is 13.4. The average molecular weight is 510 g/mol. The maximum Gasteiger partial charge on any atom is 0.303 e. The predicted octanol–water partition coefficient (Wildman–Crippen LogP) is 5.76. The second-order valence-corrected chi connectivity index (χ2v) is 11.8. The number of nitrogens with zero attached hydrogens (tertiary/aromatic N) is 1. The van der Waals surface area contributed by atoms with E-state index in [0.29, 0.717) is 25.2 Å². The van der Waals surface area contributed by atoms with Gasteiger partial charge in [0.2, 0.25) is 0 Å². The first-order valence-corrected chi connectivity index (χ1v) is 13.7. The zero-order chi connectivity index (χ0) is 25.8. The molecule has 2 saturated carbocycles. The van der Waals surface area contributed by atoms with Gasteiger partial charge in [0, 0.05) is 44.5 Å². The molecule has 0 radical (unpaired) electrons. The van der Waals surface area contributed by atoms with Crippen molar-refractivity contribution in [3.63, 3.8) is 0 Å². The number of benzene rings is 1. The molecule has 5 nitrogen and oxygen atoms in total. The van der Waals surface area contributed by atoms with Gasteiger partial charge in [-0.3, -0.25) is 14.4 Å². The molecule has 6 heteroatoms. The van der Waals surface area contributed by atoms with Crippen molar-refractivity contribution in [3.8, 4) is 0 Å². The number of ketones is 2. The standard InChI is InChI=1S/C30H36ClNO4/c1-18(33)36-30(27(35)17-31)14-13-26-24-11-7-20-15-22(34)10-12-23(20)28(24)25(16-29(26,30)2)19-5-8-21(9-6-19)32(3)4/h5-6,8-9,15,24-26H,7,10-14,16-17H2,1-4H3/t24?,25?,26?,29-,30-/m0/s1. The number of carbonyl (C=O) groups excluding carboxylic acids is 3. The largest absolute Gasteiger partial charge is 0.451 e. The summed E-state index contributed by atoms with van der Waals surface area (Å²) >= 11 is 6.15. The van der Waals surface area contributed by atoms with Crippen molar-refractivity contribution in [2.45, 2.75) is 70.3 Å². The van der Waals surface area contributed by atoms with Gasteiger partial charge in [-0.05, 0) is 85.3 Å². The molecule has 0 saturated heterocycles. The molecule has 0 heterocycles. The molecular weight excluding hydrogens is 474 g/mol. The minimum absolute atomic E-state index is 0.0931. The quantitative estimate of drug-likeness (QED) is 0.373. The molecule has 2 fully saturated rings. The van der Waals surface area contributed by atoms with Crippen molar-refractivity contribution >= 4 is 34.8 Å². The number of hydrogen-bond acceptors (Lipinski definition) is 5. The van der Waals surface area contributed by atoms with Gasteiger partial charge >= 0.3 is 5.97 Å². The minimum Gasteiger partial charge on any atom is -0.451 e. The molecular formula is C30H36ClNO4. The number of alkyl halides is 1. The minimum atomic E-state index is -1.19. The normalized spacial score (nSPS) is 33.3. The van der Waals surface area contributed by atoms with Crippen LogP contribution in [-0.2, 0) is 19.1 Å². The Morgan fingerprint density at radius 2 is 1.83 bits per heavy atom. The molecule has 36 heavy (non-hydrogen) atoms. The van der Waals surface area contributed by atoms with Crippen LogP contribution in [0.5, 0.6) is 0 Å². The van der Waals surface area contributed by atoms with E-state index in [9.17, 15) is 14.4 Å². The molecule has 3 unspecified atom stereocenters. The molecule has 0 N–H and O–H groups in total. The van der Waals surface area contributed by atoms with E-state index < -0.39 is 17.0 Å². The molecule has 5 rings (SSSR count). The third kappa shape index (κ3) is 3.77. The van der Waals surface area contributed by atoms with Crippen molar-refractivity contribution < 1.29 is 19.1 Å². The van der Waals surface area contributed by atoms with E-state index in [-0.39, 0.29) is 29.3 Å². The smallest absolute Gasteiger partial charge is 0.303 e. The summed E-state index contributed by atoms with van der Waals surface area (Å²) in [6.07, 6.45) is 7.13. The van der Waals surface area contributed by atoms with Crippen LogP contribution in [0, 0.1) is 17.3 Å². The molecule has 0 aromatic heterocycles. The Labute approximate surface area is 218 Å². The highest BCUT2D eigenvalue weighted by atomic mass is 35.5. The molecule has 192 valence electrons. The lowest BCUT2D eigenvalue weighted by Crippen LogP contribution is -2.58. The number of ether oxygens (including phenoxy) is 1. The Kier molecular flexibility index (Phi) is 6.43. The number of carbonyl (C=O) groups is 3. The van der Waals surface area contributed by atoms with Gasteiger partial charge in [0.25, 0.3) is 0 Å². The van der Waals surface area contributed by atoms with Gasteiger partial charge in [-0.2, -0.15) is 0 Å². The van der Waals surface area contributed by atoms with Crippen LogP contribution >= 0.6 is 11.6 Å². The molecule has 0 spiro atoms. The zero-order valence-electron chi connectivity index (χ0n) is 21.7.